The molecule has 134 valence electrons. The average Bonchev–Trinajstić information content (AvgIpc) is 3.00. The molecule has 0 bridgehead atoms. The molecule has 0 aliphatic carbocycles. The Kier molecular flexibility index (Phi) is 5.58. The number of halogens is 1. The highest BCUT2D eigenvalue weighted by atomic mass is 79.9. The molecule has 0 saturated heterocycles. The van der Waals surface area contributed by atoms with Crippen molar-refractivity contribution in [1.29, 1.82) is 0 Å². The van der Waals surface area contributed by atoms with Crippen molar-refractivity contribution in [3.05, 3.63) is 62.9 Å². The van der Waals surface area contributed by atoms with Gasteiger partial charge in [-0.1, -0.05) is 22.0 Å². The number of fused-ring (bicyclic) bond motifs is 1. The second kappa shape index (κ2) is 7.88. The number of thiophene rings is 1. The molecule has 5 nitrogen and oxygen atoms in total. The molecular formula is C19H16BrNO4S. The predicted octanol–water partition coefficient (Wildman–Crippen LogP) is 4.52. The topological polar surface area (TPSA) is 78.6 Å². The van der Waals surface area contributed by atoms with E-state index in [-0.39, 0.29) is 12.6 Å². The number of nitrogens with two attached hydrogens (primary N) is 1. The van der Waals surface area contributed by atoms with E-state index in [2.05, 4.69) is 15.9 Å². The molecular weight excluding hydrogens is 418 g/mol. The lowest BCUT2D eigenvalue weighted by Crippen LogP contribution is -2.10. The standard InChI is InChI=1S/C19H16BrNO4S/c1-2-24-19(23)17-13(16-14(20)4-3-5-15(16)26-17)10-25-12-8-6-11(7-9-12)18(21)22/h3-9H,2,10H2,1H3,(H2,21,22). The fraction of sp³-hybridized carbons (Fsp3) is 0.158. The van der Waals surface area contributed by atoms with E-state index in [4.69, 9.17) is 15.2 Å². The summed E-state index contributed by atoms with van der Waals surface area (Å²) in [6.45, 7) is 2.29. The Labute approximate surface area is 162 Å². The highest BCUT2D eigenvalue weighted by Gasteiger charge is 2.21. The van der Waals surface area contributed by atoms with Gasteiger partial charge < -0.3 is 15.2 Å². The van der Waals surface area contributed by atoms with Crippen molar-refractivity contribution < 1.29 is 19.1 Å². The number of benzene rings is 2. The van der Waals surface area contributed by atoms with Gasteiger partial charge in [-0.2, -0.15) is 0 Å². The first-order valence-electron chi connectivity index (χ1n) is 7.91. The molecule has 0 atom stereocenters. The molecule has 1 amide bonds. The van der Waals surface area contributed by atoms with Crippen molar-refractivity contribution in [2.45, 2.75) is 13.5 Å². The summed E-state index contributed by atoms with van der Waals surface area (Å²) in [5, 5.41) is 0.939. The minimum absolute atomic E-state index is 0.201. The number of amides is 1. The second-order valence-electron chi connectivity index (χ2n) is 5.42. The zero-order valence-corrected chi connectivity index (χ0v) is 16.4. The largest absolute Gasteiger partial charge is 0.489 e. The van der Waals surface area contributed by atoms with E-state index in [0.29, 0.717) is 22.8 Å². The molecule has 3 aromatic rings. The highest BCUT2D eigenvalue weighted by Crippen LogP contribution is 2.37. The molecule has 0 radical (unpaired) electrons. The fourth-order valence-corrected chi connectivity index (χ4v) is 4.40. The zero-order valence-electron chi connectivity index (χ0n) is 14.0. The summed E-state index contributed by atoms with van der Waals surface area (Å²) in [6.07, 6.45) is 0. The second-order valence-corrected chi connectivity index (χ2v) is 7.33. The van der Waals surface area contributed by atoms with Crippen LogP contribution in [0.1, 0.15) is 32.5 Å². The van der Waals surface area contributed by atoms with Crippen LogP contribution in [0.2, 0.25) is 0 Å². The Morgan fingerprint density at radius 3 is 2.54 bits per heavy atom. The summed E-state index contributed by atoms with van der Waals surface area (Å²) in [5.74, 6) is -0.270. The number of esters is 1. The van der Waals surface area contributed by atoms with Crippen molar-refractivity contribution in [2.24, 2.45) is 5.73 Å². The number of primary amides is 1. The smallest absolute Gasteiger partial charge is 0.348 e. The van der Waals surface area contributed by atoms with Gasteiger partial charge in [0.05, 0.1) is 6.61 Å². The molecule has 26 heavy (non-hydrogen) atoms. The molecule has 7 heteroatoms. The number of carbonyl (C=O) groups is 2. The molecule has 0 saturated carbocycles. The maximum atomic E-state index is 12.3. The summed E-state index contributed by atoms with van der Waals surface area (Å²) in [7, 11) is 0. The minimum Gasteiger partial charge on any atom is -0.489 e. The third kappa shape index (κ3) is 3.73. The van der Waals surface area contributed by atoms with E-state index in [1.54, 1.807) is 31.2 Å². The van der Waals surface area contributed by atoms with E-state index in [9.17, 15) is 9.59 Å². The number of ether oxygens (including phenoxy) is 2. The van der Waals surface area contributed by atoms with Crippen LogP contribution in [0.15, 0.2) is 46.9 Å². The monoisotopic (exact) mass is 433 g/mol. The van der Waals surface area contributed by atoms with E-state index in [1.165, 1.54) is 11.3 Å². The lowest BCUT2D eigenvalue weighted by atomic mass is 10.1. The van der Waals surface area contributed by atoms with Gasteiger partial charge in [-0.05, 0) is 43.3 Å². The molecule has 0 spiro atoms. The van der Waals surface area contributed by atoms with Crippen LogP contribution in [0.4, 0.5) is 0 Å². The summed E-state index contributed by atoms with van der Waals surface area (Å²) < 4.78 is 12.9. The predicted molar refractivity (Wildman–Crippen MR) is 105 cm³/mol. The molecule has 2 aromatic carbocycles. The lowest BCUT2D eigenvalue weighted by molar-refractivity contribution is 0.0529. The van der Waals surface area contributed by atoms with Crippen LogP contribution in [-0.2, 0) is 11.3 Å². The van der Waals surface area contributed by atoms with Gasteiger partial charge in [-0.25, -0.2) is 4.79 Å². The minimum atomic E-state index is -0.492. The number of hydrogen-bond acceptors (Lipinski definition) is 5. The van der Waals surface area contributed by atoms with Crippen molar-refractivity contribution in [1.82, 2.24) is 0 Å². The summed E-state index contributed by atoms with van der Waals surface area (Å²) in [5.41, 5.74) is 6.42. The third-order valence-corrected chi connectivity index (χ3v) is 5.58. The van der Waals surface area contributed by atoms with Gasteiger partial charge in [0.25, 0.3) is 0 Å². The number of rotatable bonds is 6. The van der Waals surface area contributed by atoms with Crippen molar-refractivity contribution in [3.8, 4) is 5.75 Å². The first-order chi connectivity index (χ1) is 12.5. The average molecular weight is 434 g/mol. The maximum Gasteiger partial charge on any atom is 0.348 e. The number of hydrogen-bond donors (Lipinski definition) is 1. The van der Waals surface area contributed by atoms with Crippen LogP contribution in [0.5, 0.6) is 5.75 Å². The molecule has 3 rings (SSSR count). The van der Waals surface area contributed by atoms with Crippen LogP contribution in [0.25, 0.3) is 10.1 Å². The molecule has 1 heterocycles. The van der Waals surface area contributed by atoms with E-state index in [0.717, 1.165) is 20.1 Å². The quantitative estimate of drug-likeness (QED) is 0.579. The van der Waals surface area contributed by atoms with Crippen molar-refractivity contribution >= 4 is 49.2 Å². The van der Waals surface area contributed by atoms with Gasteiger partial charge in [-0.3, -0.25) is 4.79 Å². The molecule has 2 N–H and O–H groups in total. The lowest BCUT2D eigenvalue weighted by Gasteiger charge is -2.09. The molecule has 0 aliphatic rings. The Bertz CT molecular complexity index is 966. The van der Waals surface area contributed by atoms with Gasteiger partial charge in [0.1, 0.15) is 17.2 Å². The fourth-order valence-electron chi connectivity index (χ4n) is 2.54. The zero-order chi connectivity index (χ0) is 18.7. The normalized spacial score (nSPS) is 10.7. The van der Waals surface area contributed by atoms with E-state index >= 15 is 0 Å². The Morgan fingerprint density at radius 1 is 1.15 bits per heavy atom. The van der Waals surface area contributed by atoms with Crippen LogP contribution >= 0.6 is 27.3 Å². The molecule has 0 fully saturated rings. The van der Waals surface area contributed by atoms with E-state index in [1.807, 2.05) is 18.2 Å². The van der Waals surface area contributed by atoms with Crippen LogP contribution in [0.3, 0.4) is 0 Å². The summed E-state index contributed by atoms with van der Waals surface area (Å²) in [6, 6.07) is 12.4. The SMILES string of the molecule is CCOC(=O)c1sc2cccc(Br)c2c1COc1ccc(C(N)=O)cc1. The van der Waals surface area contributed by atoms with Crippen LogP contribution in [0, 0.1) is 0 Å². The van der Waals surface area contributed by atoms with Gasteiger partial charge in [0, 0.05) is 25.7 Å². The van der Waals surface area contributed by atoms with Gasteiger partial charge in [-0.15, -0.1) is 11.3 Å². The number of carbonyl (C=O) groups excluding carboxylic acids is 2. The van der Waals surface area contributed by atoms with Crippen LogP contribution in [-0.4, -0.2) is 18.5 Å². The summed E-state index contributed by atoms with van der Waals surface area (Å²) in [4.78, 5) is 24.0. The first kappa shape index (κ1) is 18.4. The van der Waals surface area contributed by atoms with Gasteiger partial charge in [0.2, 0.25) is 5.91 Å². The van der Waals surface area contributed by atoms with Crippen molar-refractivity contribution in [2.75, 3.05) is 6.61 Å². The highest BCUT2D eigenvalue weighted by molar-refractivity contribution is 9.10. The Hall–Kier alpha value is -2.38. The Balaban J connectivity index is 1.93. The Morgan fingerprint density at radius 2 is 1.88 bits per heavy atom. The first-order valence-corrected chi connectivity index (χ1v) is 9.52. The molecule has 0 unspecified atom stereocenters. The molecule has 1 aromatic heterocycles. The van der Waals surface area contributed by atoms with Gasteiger partial charge in [0.15, 0.2) is 0 Å². The van der Waals surface area contributed by atoms with Crippen LogP contribution < -0.4 is 10.5 Å². The maximum absolute atomic E-state index is 12.3. The summed E-state index contributed by atoms with van der Waals surface area (Å²) >= 11 is 4.93. The molecule has 0 aliphatic heterocycles. The van der Waals surface area contributed by atoms with Crippen molar-refractivity contribution in [3.63, 3.8) is 0 Å². The van der Waals surface area contributed by atoms with Gasteiger partial charge >= 0.3 is 5.97 Å². The van der Waals surface area contributed by atoms with E-state index < -0.39 is 5.91 Å². The third-order valence-electron chi connectivity index (χ3n) is 3.75.